The normalized spacial score (nSPS) is 17.1. The molecule has 1 aromatic rings. The van der Waals surface area contributed by atoms with Crippen LogP contribution in [0.1, 0.15) is 18.4 Å². The highest BCUT2D eigenvalue weighted by Crippen LogP contribution is 2.29. The molecule has 1 heterocycles. The largest absolute Gasteiger partial charge is 0.381 e. The Morgan fingerprint density at radius 2 is 1.95 bits per heavy atom. The van der Waals surface area contributed by atoms with E-state index in [1.54, 1.807) is 6.07 Å². The summed E-state index contributed by atoms with van der Waals surface area (Å²) in [7, 11) is -3.71. The Morgan fingerprint density at radius 1 is 1.29 bits per heavy atom. The van der Waals surface area contributed by atoms with E-state index in [4.69, 9.17) is 33.7 Å². The molecule has 0 aromatic heterocycles. The van der Waals surface area contributed by atoms with Gasteiger partial charge in [-0.15, -0.1) is 0 Å². The number of nitrogens with two attached hydrogens (primary N) is 1. The Morgan fingerprint density at radius 3 is 2.57 bits per heavy atom. The molecule has 5 nitrogen and oxygen atoms in total. The van der Waals surface area contributed by atoms with Crippen LogP contribution in [-0.4, -0.2) is 28.2 Å². The van der Waals surface area contributed by atoms with Crippen molar-refractivity contribution in [3.05, 3.63) is 27.7 Å². The van der Waals surface area contributed by atoms with E-state index < -0.39 is 10.0 Å². The van der Waals surface area contributed by atoms with Crippen molar-refractivity contribution in [2.45, 2.75) is 24.3 Å². The summed E-state index contributed by atoms with van der Waals surface area (Å²) in [5, 5.41) is 0.424. The van der Waals surface area contributed by atoms with E-state index in [9.17, 15) is 8.42 Å². The van der Waals surface area contributed by atoms with E-state index >= 15 is 0 Å². The van der Waals surface area contributed by atoms with E-state index in [1.165, 1.54) is 6.07 Å². The van der Waals surface area contributed by atoms with Crippen molar-refractivity contribution in [2.24, 2.45) is 11.7 Å². The third-order valence-corrected chi connectivity index (χ3v) is 5.72. The van der Waals surface area contributed by atoms with Crippen molar-refractivity contribution in [3.63, 3.8) is 0 Å². The molecule has 1 aromatic carbocycles. The molecule has 21 heavy (non-hydrogen) atoms. The van der Waals surface area contributed by atoms with Crippen molar-refractivity contribution < 1.29 is 13.2 Å². The third kappa shape index (κ3) is 4.31. The van der Waals surface area contributed by atoms with E-state index in [2.05, 4.69) is 4.72 Å². The van der Waals surface area contributed by atoms with Gasteiger partial charge in [-0.25, -0.2) is 13.1 Å². The summed E-state index contributed by atoms with van der Waals surface area (Å²) in [4.78, 5) is -0.0239. The monoisotopic (exact) mass is 352 g/mol. The van der Waals surface area contributed by atoms with Crippen LogP contribution in [0.4, 0.5) is 0 Å². The summed E-state index contributed by atoms with van der Waals surface area (Å²) in [5.41, 5.74) is 6.06. The van der Waals surface area contributed by atoms with Gasteiger partial charge >= 0.3 is 0 Å². The molecule has 0 spiro atoms. The molecule has 0 amide bonds. The van der Waals surface area contributed by atoms with Gasteiger partial charge in [0.2, 0.25) is 10.0 Å². The van der Waals surface area contributed by atoms with E-state index in [1.807, 2.05) is 0 Å². The van der Waals surface area contributed by atoms with Gasteiger partial charge in [-0.3, -0.25) is 0 Å². The van der Waals surface area contributed by atoms with Gasteiger partial charge in [0.05, 0.1) is 5.02 Å². The minimum Gasteiger partial charge on any atom is -0.381 e. The molecule has 0 bridgehead atoms. The fourth-order valence-corrected chi connectivity index (χ4v) is 4.27. The molecule has 0 unspecified atom stereocenters. The first-order valence-electron chi connectivity index (χ1n) is 6.69. The number of ether oxygens (including phenoxy) is 1. The van der Waals surface area contributed by atoms with Crippen LogP contribution < -0.4 is 10.5 Å². The van der Waals surface area contributed by atoms with Gasteiger partial charge in [0.25, 0.3) is 0 Å². The summed E-state index contributed by atoms with van der Waals surface area (Å²) in [6.07, 6.45) is 1.69. The van der Waals surface area contributed by atoms with Gasteiger partial charge in [-0.05, 0) is 36.5 Å². The SMILES string of the molecule is NCc1cc(Cl)cc(S(=O)(=O)NCC2CCOCC2)c1Cl. The standard InChI is InChI=1S/C13H18Cl2N2O3S/c14-11-5-10(7-16)13(15)12(6-11)21(18,19)17-8-9-1-3-20-4-2-9/h5-6,9,17H,1-4,7-8,16H2. The van der Waals surface area contributed by atoms with E-state index in [0.717, 1.165) is 12.8 Å². The van der Waals surface area contributed by atoms with Gasteiger partial charge in [-0.2, -0.15) is 0 Å². The van der Waals surface area contributed by atoms with E-state index in [-0.39, 0.29) is 22.4 Å². The molecular weight excluding hydrogens is 335 g/mol. The Balaban J connectivity index is 2.17. The van der Waals surface area contributed by atoms with Crippen LogP contribution in [0, 0.1) is 5.92 Å². The predicted octanol–water partition coefficient (Wildman–Crippen LogP) is 2.16. The fourth-order valence-electron chi connectivity index (χ4n) is 2.22. The highest BCUT2D eigenvalue weighted by atomic mass is 35.5. The number of rotatable bonds is 5. The highest BCUT2D eigenvalue weighted by Gasteiger charge is 2.23. The zero-order valence-corrected chi connectivity index (χ0v) is 13.8. The van der Waals surface area contributed by atoms with Crippen molar-refractivity contribution in [1.82, 2.24) is 4.72 Å². The summed E-state index contributed by atoms with van der Waals surface area (Å²) < 4.78 is 32.6. The molecule has 3 N–H and O–H groups in total. The Labute approximate surface area is 134 Å². The van der Waals surface area contributed by atoms with E-state index in [0.29, 0.717) is 30.3 Å². The number of halogens is 2. The zero-order valence-electron chi connectivity index (χ0n) is 11.4. The molecular formula is C13H18Cl2N2O3S. The minimum atomic E-state index is -3.71. The maximum Gasteiger partial charge on any atom is 0.242 e. The smallest absolute Gasteiger partial charge is 0.242 e. The molecule has 0 aliphatic carbocycles. The fraction of sp³-hybridized carbons (Fsp3) is 0.538. The lowest BCUT2D eigenvalue weighted by Gasteiger charge is -2.22. The second-order valence-corrected chi connectivity index (χ2v) is 7.54. The average molecular weight is 353 g/mol. The lowest BCUT2D eigenvalue weighted by Crippen LogP contribution is -2.32. The van der Waals surface area contributed by atoms with Gasteiger partial charge in [0, 0.05) is 31.3 Å². The number of sulfonamides is 1. The Bertz CT molecular complexity index is 602. The molecule has 1 aliphatic heterocycles. The lowest BCUT2D eigenvalue weighted by molar-refractivity contribution is 0.0678. The van der Waals surface area contributed by atoms with Crippen molar-refractivity contribution in [2.75, 3.05) is 19.8 Å². The predicted molar refractivity (Wildman–Crippen MR) is 83.1 cm³/mol. The maximum atomic E-state index is 12.4. The topological polar surface area (TPSA) is 81.4 Å². The molecule has 118 valence electrons. The van der Waals surface area contributed by atoms with Crippen LogP contribution in [-0.2, 0) is 21.3 Å². The van der Waals surface area contributed by atoms with Crippen molar-refractivity contribution in [1.29, 1.82) is 0 Å². The van der Waals surface area contributed by atoms with Gasteiger partial charge in [0.15, 0.2) is 0 Å². The van der Waals surface area contributed by atoms with Gasteiger partial charge < -0.3 is 10.5 Å². The summed E-state index contributed by atoms with van der Waals surface area (Å²) in [6, 6.07) is 2.91. The molecule has 1 aliphatic rings. The molecule has 2 rings (SSSR count). The molecule has 0 atom stereocenters. The summed E-state index contributed by atoms with van der Waals surface area (Å²) in [5.74, 6) is 0.278. The number of hydrogen-bond donors (Lipinski definition) is 2. The van der Waals surface area contributed by atoms with Crippen molar-refractivity contribution >= 4 is 33.2 Å². The second kappa shape index (κ2) is 7.26. The minimum absolute atomic E-state index is 0.0239. The van der Waals surface area contributed by atoms with Crippen LogP contribution >= 0.6 is 23.2 Å². The number of benzene rings is 1. The zero-order chi connectivity index (χ0) is 15.5. The molecule has 0 saturated carbocycles. The lowest BCUT2D eigenvalue weighted by atomic mass is 10.0. The Hall–Kier alpha value is -0.370. The molecule has 1 fully saturated rings. The molecule has 0 radical (unpaired) electrons. The second-order valence-electron chi connectivity index (χ2n) is 4.99. The van der Waals surface area contributed by atoms with Crippen LogP contribution in [0.25, 0.3) is 0 Å². The summed E-state index contributed by atoms with van der Waals surface area (Å²) >= 11 is 12.0. The molecule has 1 saturated heterocycles. The van der Waals surface area contributed by atoms with Crippen LogP contribution in [0.5, 0.6) is 0 Å². The highest BCUT2D eigenvalue weighted by molar-refractivity contribution is 7.89. The first kappa shape index (κ1) is 17.0. The van der Waals surface area contributed by atoms with Crippen LogP contribution in [0.2, 0.25) is 10.0 Å². The number of nitrogens with one attached hydrogen (secondary N) is 1. The average Bonchev–Trinajstić information content (AvgIpc) is 2.48. The van der Waals surface area contributed by atoms with Crippen LogP contribution in [0.3, 0.4) is 0 Å². The van der Waals surface area contributed by atoms with Crippen molar-refractivity contribution in [3.8, 4) is 0 Å². The quantitative estimate of drug-likeness (QED) is 0.850. The van der Waals surface area contributed by atoms with Gasteiger partial charge in [0.1, 0.15) is 4.90 Å². The summed E-state index contributed by atoms with van der Waals surface area (Å²) in [6.45, 7) is 1.83. The molecule has 8 heteroatoms. The third-order valence-electron chi connectivity index (χ3n) is 3.49. The first-order chi connectivity index (χ1) is 9.94. The Kier molecular flexibility index (Phi) is 5.88. The number of hydrogen-bond acceptors (Lipinski definition) is 4. The maximum absolute atomic E-state index is 12.4. The van der Waals surface area contributed by atoms with Gasteiger partial charge in [-0.1, -0.05) is 23.2 Å². The first-order valence-corrected chi connectivity index (χ1v) is 8.93. The van der Waals surface area contributed by atoms with Crippen LogP contribution in [0.15, 0.2) is 17.0 Å².